The maximum absolute atomic E-state index is 13.1. The maximum Gasteiger partial charge on any atom is 0.320 e. The molecule has 6 aliphatic rings. The highest BCUT2D eigenvalue weighted by molar-refractivity contribution is 5.74. The number of morpholine rings is 1. The van der Waals surface area contributed by atoms with Gasteiger partial charge in [-0.3, -0.25) is 0 Å². The summed E-state index contributed by atoms with van der Waals surface area (Å²) in [6.07, 6.45) is 13.2. The predicted octanol–water partition coefficient (Wildman–Crippen LogP) is 4.29. The van der Waals surface area contributed by atoms with Gasteiger partial charge in [-0.05, 0) is 92.8 Å². The Morgan fingerprint density at radius 3 is 2.72 bits per heavy atom. The summed E-state index contributed by atoms with van der Waals surface area (Å²) in [6.45, 7) is 9.12. The molecule has 0 aromatic heterocycles. The van der Waals surface area contributed by atoms with E-state index >= 15 is 0 Å². The van der Waals surface area contributed by atoms with Crippen LogP contribution >= 0.6 is 0 Å². The van der Waals surface area contributed by atoms with Gasteiger partial charge in [0, 0.05) is 38.8 Å². The molecular weight excluding hydrogens is 398 g/mol. The quantitative estimate of drug-likeness (QED) is 0.618. The number of allylic oxidation sites excluding steroid dienone is 1. The third kappa shape index (κ3) is 2.99. The van der Waals surface area contributed by atoms with Crippen molar-refractivity contribution >= 4 is 6.03 Å². The molecule has 3 saturated carbocycles. The van der Waals surface area contributed by atoms with Crippen molar-refractivity contribution in [1.82, 2.24) is 15.1 Å². The summed E-state index contributed by atoms with van der Waals surface area (Å²) >= 11 is 0. The van der Waals surface area contributed by atoms with Gasteiger partial charge >= 0.3 is 6.03 Å². The van der Waals surface area contributed by atoms with Crippen molar-refractivity contribution in [1.29, 1.82) is 0 Å². The molecule has 32 heavy (non-hydrogen) atoms. The molecule has 2 heterocycles. The van der Waals surface area contributed by atoms with E-state index in [9.17, 15) is 4.79 Å². The topological polar surface area (TPSA) is 44.8 Å². The number of hydrogen-bond acceptors (Lipinski definition) is 3. The van der Waals surface area contributed by atoms with Gasteiger partial charge in [-0.25, -0.2) is 4.79 Å². The van der Waals surface area contributed by atoms with Crippen LogP contribution in [0.15, 0.2) is 11.6 Å². The van der Waals surface area contributed by atoms with Crippen molar-refractivity contribution in [3.63, 3.8) is 0 Å². The molecule has 2 unspecified atom stereocenters. The number of rotatable bonds is 1. The fraction of sp³-hybridized carbons (Fsp3) is 0.889. The highest BCUT2D eigenvalue weighted by Crippen LogP contribution is 2.67. The Bertz CT molecular complexity index is 792. The second kappa shape index (κ2) is 7.73. The van der Waals surface area contributed by atoms with Gasteiger partial charge in [0.15, 0.2) is 0 Å². The van der Waals surface area contributed by atoms with Crippen molar-refractivity contribution in [3.8, 4) is 0 Å². The smallest absolute Gasteiger partial charge is 0.320 e. The van der Waals surface area contributed by atoms with Crippen LogP contribution in [0.25, 0.3) is 0 Å². The summed E-state index contributed by atoms with van der Waals surface area (Å²) in [7, 11) is 2.04. The van der Waals surface area contributed by atoms with E-state index in [0.29, 0.717) is 30.1 Å². The Morgan fingerprint density at radius 1 is 1.12 bits per heavy atom. The third-order valence-corrected chi connectivity index (χ3v) is 11.3. The van der Waals surface area contributed by atoms with Crippen molar-refractivity contribution in [2.75, 3.05) is 39.9 Å². The summed E-state index contributed by atoms with van der Waals surface area (Å²) in [5.41, 5.74) is 2.64. The lowest BCUT2D eigenvalue weighted by atomic mass is 9.47. The molecule has 4 aliphatic carbocycles. The SMILES string of the molecule is C[C@@H]1NC[C@]23CCC4[C@@H](CC=C5C[C@@H](N(C)C(=O)N6CCOCC6)CC[C@@]54C)C2CC[C@H]13. The number of nitrogens with zero attached hydrogens (tertiary/aromatic N) is 2. The Morgan fingerprint density at radius 2 is 1.91 bits per heavy atom. The second-order valence-corrected chi connectivity index (χ2v) is 12.3. The first-order chi connectivity index (χ1) is 15.4. The van der Waals surface area contributed by atoms with Crippen LogP contribution in [-0.4, -0.2) is 67.8 Å². The molecule has 0 radical (unpaired) electrons. The van der Waals surface area contributed by atoms with Crippen molar-refractivity contribution in [3.05, 3.63) is 11.6 Å². The van der Waals surface area contributed by atoms with Crippen molar-refractivity contribution in [2.24, 2.45) is 34.5 Å². The molecule has 5 nitrogen and oxygen atoms in total. The van der Waals surface area contributed by atoms with Gasteiger partial charge in [-0.15, -0.1) is 0 Å². The van der Waals surface area contributed by atoms with Crippen LogP contribution in [0.3, 0.4) is 0 Å². The van der Waals surface area contributed by atoms with E-state index in [1.54, 1.807) is 5.57 Å². The minimum absolute atomic E-state index is 0.204. The van der Waals surface area contributed by atoms with Crippen LogP contribution in [0.4, 0.5) is 4.79 Å². The number of urea groups is 1. The Labute approximate surface area is 194 Å². The first-order valence-corrected chi connectivity index (χ1v) is 13.5. The zero-order valence-corrected chi connectivity index (χ0v) is 20.4. The van der Waals surface area contributed by atoms with Gasteiger partial charge in [-0.1, -0.05) is 18.6 Å². The lowest BCUT2D eigenvalue weighted by Gasteiger charge is -2.58. The highest BCUT2D eigenvalue weighted by atomic mass is 16.5. The number of ether oxygens (including phenoxy) is 1. The summed E-state index contributed by atoms with van der Waals surface area (Å²) in [5.74, 6) is 3.59. The highest BCUT2D eigenvalue weighted by Gasteiger charge is 2.62. The molecular formula is C27H43N3O2. The van der Waals surface area contributed by atoms with Crippen LogP contribution in [0, 0.1) is 34.5 Å². The number of carbonyl (C=O) groups excluding carboxylic acids is 1. The number of fused-ring (bicyclic) bond motifs is 4. The zero-order valence-electron chi connectivity index (χ0n) is 20.4. The molecule has 0 aromatic carbocycles. The van der Waals surface area contributed by atoms with E-state index in [0.717, 1.165) is 55.6 Å². The normalized spacial score (nSPS) is 47.7. The molecule has 0 bridgehead atoms. The van der Waals surface area contributed by atoms with Crippen molar-refractivity contribution < 1.29 is 9.53 Å². The van der Waals surface area contributed by atoms with Crippen LogP contribution in [-0.2, 0) is 4.74 Å². The molecule has 5 heteroatoms. The number of nitrogens with one attached hydrogen (secondary N) is 1. The van der Waals surface area contributed by atoms with Gasteiger partial charge in [-0.2, -0.15) is 0 Å². The summed E-state index contributed by atoms with van der Waals surface area (Å²) in [6, 6.07) is 1.28. The van der Waals surface area contributed by atoms with E-state index in [-0.39, 0.29) is 6.03 Å². The molecule has 2 amide bonds. The minimum atomic E-state index is 0.204. The molecule has 2 saturated heterocycles. The average Bonchev–Trinajstić information content (AvgIpc) is 3.35. The molecule has 8 atom stereocenters. The Kier molecular flexibility index (Phi) is 5.18. The fourth-order valence-electron chi connectivity index (χ4n) is 9.55. The zero-order chi connectivity index (χ0) is 22.1. The molecule has 1 N–H and O–H groups in total. The average molecular weight is 442 g/mol. The summed E-state index contributed by atoms with van der Waals surface area (Å²) in [4.78, 5) is 17.1. The summed E-state index contributed by atoms with van der Waals surface area (Å²) < 4.78 is 5.45. The van der Waals surface area contributed by atoms with Crippen LogP contribution < -0.4 is 5.32 Å². The number of carbonyl (C=O) groups is 1. The lowest BCUT2D eigenvalue weighted by molar-refractivity contribution is -0.0410. The van der Waals surface area contributed by atoms with E-state index < -0.39 is 0 Å². The maximum atomic E-state index is 13.1. The van der Waals surface area contributed by atoms with Crippen LogP contribution in [0.5, 0.6) is 0 Å². The standard InChI is InChI=1S/C27H43N3O2/c1-18-22-6-7-24-21-5-4-19-16-20(29(3)25(31)30-12-14-32-15-13-30)8-10-26(19,2)23(21)9-11-27(22,24)17-28-18/h4,18,20-24,28H,5-17H2,1-3H3/t18-,20-,21+,22+,23?,24?,26-,27-/m0/s1. The van der Waals surface area contributed by atoms with E-state index in [1.807, 2.05) is 11.9 Å². The van der Waals surface area contributed by atoms with Gasteiger partial charge < -0.3 is 19.9 Å². The molecule has 0 aromatic rings. The monoisotopic (exact) mass is 441 g/mol. The second-order valence-electron chi connectivity index (χ2n) is 12.3. The number of hydrogen-bond donors (Lipinski definition) is 1. The molecule has 1 spiro atoms. The van der Waals surface area contributed by atoms with E-state index in [1.165, 1.54) is 45.1 Å². The van der Waals surface area contributed by atoms with Crippen LogP contribution in [0.1, 0.15) is 65.2 Å². The van der Waals surface area contributed by atoms with Crippen molar-refractivity contribution in [2.45, 2.75) is 77.3 Å². The largest absolute Gasteiger partial charge is 0.378 e. The molecule has 2 aliphatic heterocycles. The Hall–Kier alpha value is -1.07. The summed E-state index contributed by atoms with van der Waals surface area (Å²) in [5, 5.41) is 3.86. The van der Waals surface area contributed by atoms with E-state index in [4.69, 9.17) is 4.74 Å². The number of amides is 2. The fourth-order valence-corrected chi connectivity index (χ4v) is 9.55. The molecule has 6 rings (SSSR count). The third-order valence-electron chi connectivity index (χ3n) is 11.3. The molecule has 5 fully saturated rings. The minimum Gasteiger partial charge on any atom is -0.378 e. The first-order valence-electron chi connectivity index (χ1n) is 13.5. The predicted molar refractivity (Wildman–Crippen MR) is 126 cm³/mol. The Balaban J connectivity index is 1.19. The van der Waals surface area contributed by atoms with Gasteiger partial charge in [0.25, 0.3) is 0 Å². The van der Waals surface area contributed by atoms with Gasteiger partial charge in [0.2, 0.25) is 0 Å². The van der Waals surface area contributed by atoms with Gasteiger partial charge in [0.05, 0.1) is 13.2 Å². The van der Waals surface area contributed by atoms with E-state index in [2.05, 4.69) is 30.1 Å². The molecule has 178 valence electrons. The first kappa shape index (κ1) is 21.5. The van der Waals surface area contributed by atoms with Gasteiger partial charge in [0.1, 0.15) is 0 Å². The lowest BCUT2D eigenvalue weighted by Crippen LogP contribution is -2.54. The van der Waals surface area contributed by atoms with Crippen LogP contribution in [0.2, 0.25) is 0 Å².